The molecule has 39 heavy (non-hydrogen) atoms. The fraction of sp³-hybridized carbons (Fsp3) is 0.400. The molecule has 2 N–H and O–H groups in total. The molecule has 1 fully saturated rings. The molecule has 3 aromatic rings. The Bertz CT molecular complexity index is 1380. The average molecular weight is 569 g/mol. The van der Waals surface area contributed by atoms with Crippen molar-refractivity contribution < 1.29 is 31.9 Å². The van der Waals surface area contributed by atoms with Crippen molar-refractivity contribution in [2.45, 2.75) is 44.4 Å². The second-order valence-electron chi connectivity index (χ2n) is 9.64. The van der Waals surface area contributed by atoms with Gasteiger partial charge in [0.1, 0.15) is 17.6 Å². The summed E-state index contributed by atoms with van der Waals surface area (Å²) in [5.74, 6) is -5.34. The van der Waals surface area contributed by atoms with E-state index in [4.69, 9.17) is 11.6 Å². The lowest BCUT2D eigenvalue weighted by Crippen LogP contribution is -2.59. The molecule has 1 aromatic carbocycles. The predicted octanol–water partition coefficient (Wildman–Crippen LogP) is 3.34. The monoisotopic (exact) mass is 568 g/mol. The molecule has 2 aromatic heterocycles. The van der Waals surface area contributed by atoms with E-state index in [-0.39, 0.29) is 30.2 Å². The highest BCUT2D eigenvalue weighted by atomic mass is 35.5. The minimum atomic E-state index is -5.18. The molecule has 1 aliphatic rings. The Morgan fingerprint density at radius 1 is 1.10 bits per heavy atom. The van der Waals surface area contributed by atoms with Gasteiger partial charge in [-0.2, -0.15) is 13.2 Å². The third-order valence-electron chi connectivity index (χ3n) is 6.58. The SMILES string of the molecule is CC(C)[C@@H](NC(=O)C(F)(F)F)C(=O)N[C@@H]1CN(C(=O)c2cncc3cncn23)CC[C@H]1c1cc(F)cc(Cl)c1. The number of amides is 3. The first-order valence-electron chi connectivity index (χ1n) is 12.0. The van der Waals surface area contributed by atoms with Crippen molar-refractivity contribution >= 4 is 34.8 Å². The van der Waals surface area contributed by atoms with Crippen LogP contribution in [0.25, 0.3) is 5.52 Å². The summed E-state index contributed by atoms with van der Waals surface area (Å²) in [5, 5.41) is 4.57. The topological polar surface area (TPSA) is 109 Å². The molecule has 0 spiro atoms. The van der Waals surface area contributed by atoms with Crippen molar-refractivity contribution in [3.63, 3.8) is 0 Å². The Labute approximate surface area is 225 Å². The molecule has 9 nitrogen and oxygen atoms in total. The minimum absolute atomic E-state index is 0.0491. The van der Waals surface area contributed by atoms with Crippen molar-refractivity contribution in [1.82, 2.24) is 29.9 Å². The van der Waals surface area contributed by atoms with Crippen LogP contribution in [-0.2, 0) is 9.59 Å². The highest BCUT2D eigenvalue weighted by Crippen LogP contribution is 2.32. The van der Waals surface area contributed by atoms with Crippen molar-refractivity contribution in [2.75, 3.05) is 13.1 Å². The van der Waals surface area contributed by atoms with Gasteiger partial charge in [0.2, 0.25) is 5.91 Å². The van der Waals surface area contributed by atoms with Gasteiger partial charge in [0, 0.05) is 24.0 Å². The van der Waals surface area contributed by atoms with E-state index in [0.717, 1.165) is 6.07 Å². The number of piperidine rings is 1. The van der Waals surface area contributed by atoms with Gasteiger partial charge >= 0.3 is 12.1 Å². The van der Waals surface area contributed by atoms with Gasteiger partial charge in [-0.25, -0.2) is 9.37 Å². The maximum atomic E-state index is 14.2. The molecule has 14 heteroatoms. The van der Waals surface area contributed by atoms with E-state index < -0.39 is 53.6 Å². The Morgan fingerprint density at radius 2 is 1.82 bits per heavy atom. The molecule has 0 saturated carbocycles. The summed E-state index contributed by atoms with van der Waals surface area (Å²) < 4.78 is 54.4. The number of likely N-dealkylation sites (tertiary alicyclic amines) is 1. The lowest BCUT2D eigenvalue weighted by Gasteiger charge is -2.40. The number of rotatable bonds is 6. The van der Waals surface area contributed by atoms with Crippen LogP contribution < -0.4 is 10.6 Å². The molecule has 208 valence electrons. The summed E-state index contributed by atoms with van der Waals surface area (Å²) in [6.07, 6.45) is 1.02. The maximum Gasteiger partial charge on any atom is 0.471 e. The largest absolute Gasteiger partial charge is 0.471 e. The van der Waals surface area contributed by atoms with Crippen LogP contribution in [0, 0.1) is 11.7 Å². The molecular formula is C25H25ClF4N6O3. The first-order chi connectivity index (χ1) is 18.3. The van der Waals surface area contributed by atoms with E-state index in [0.29, 0.717) is 11.1 Å². The number of halogens is 5. The van der Waals surface area contributed by atoms with Crippen LogP contribution in [0.1, 0.15) is 42.2 Å². The summed E-state index contributed by atoms with van der Waals surface area (Å²) in [6.45, 7) is 3.15. The molecule has 3 atom stereocenters. The third-order valence-corrected chi connectivity index (χ3v) is 6.80. The quantitative estimate of drug-likeness (QED) is 0.444. The molecule has 1 saturated heterocycles. The Morgan fingerprint density at radius 3 is 2.49 bits per heavy atom. The maximum absolute atomic E-state index is 14.2. The van der Waals surface area contributed by atoms with E-state index in [1.54, 1.807) is 9.72 Å². The van der Waals surface area contributed by atoms with Crippen molar-refractivity contribution in [1.29, 1.82) is 0 Å². The number of aromatic nitrogens is 3. The average Bonchev–Trinajstić information content (AvgIpc) is 3.34. The van der Waals surface area contributed by atoms with Crippen molar-refractivity contribution in [2.24, 2.45) is 5.92 Å². The second-order valence-corrected chi connectivity index (χ2v) is 10.1. The summed E-state index contributed by atoms with van der Waals surface area (Å²) in [4.78, 5) is 47.8. The van der Waals surface area contributed by atoms with Gasteiger partial charge in [-0.15, -0.1) is 0 Å². The van der Waals surface area contributed by atoms with E-state index in [1.165, 1.54) is 55.8 Å². The fourth-order valence-corrected chi connectivity index (χ4v) is 4.90. The van der Waals surface area contributed by atoms with Crippen LogP contribution in [0.3, 0.4) is 0 Å². The normalized spacial score (nSPS) is 18.7. The number of fused-ring (bicyclic) bond motifs is 1. The highest BCUT2D eigenvalue weighted by molar-refractivity contribution is 6.30. The lowest BCUT2D eigenvalue weighted by atomic mass is 9.84. The van der Waals surface area contributed by atoms with E-state index in [9.17, 15) is 31.9 Å². The lowest BCUT2D eigenvalue weighted by molar-refractivity contribution is -0.175. The molecule has 1 aliphatic heterocycles. The Kier molecular flexibility index (Phi) is 8.09. The zero-order valence-electron chi connectivity index (χ0n) is 20.9. The number of hydrogen-bond acceptors (Lipinski definition) is 5. The third kappa shape index (κ3) is 6.29. The van der Waals surface area contributed by atoms with Crippen LogP contribution in [0.4, 0.5) is 17.6 Å². The summed E-state index contributed by atoms with van der Waals surface area (Å²) in [6, 6.07) is 1.57. The van der Waals surface area contributed by atoms with Crippen LogP contribution in [0.5, 0.6) is 0 Å². The number of alkyl halides is 3. The van der Waals surface area contributed by atoms with Crippen molar-refractivity contribution in [3.8, 4) is 0 Å². The van der Waals surface area contributed by atoms with Gasteiger partial charge < -0.3 is 15.5 Å². The second kappa shape index (κ2) is 11.2. The summed E-state index contributed by atoms with van der Waals surface area (Å²) in [7, 11) is 0. The molecule has 3 amide bonds. The van der Waals surface area contributed by atoms with E-state index in [2.05, 4.69) is 15.3 Å². The Balaban J connectivity index is 1.63. The molecule has 0 unspecified atom stereocenters. The van der Waals surface area contributed by atoms with Gasteiger partial charge in [-0.1, -0.05) is 25.4 Å². The highest BCUT2D eigenvalue weighted by Gasteiger charge is 2.42. The number of imidazole rings is 1. The zero-order valence-corrected chi connectivity index (χ0v) is 21.6. The van der Waals surface area contributed by atoms with Gasteiger partial charge in [-0.05, 0) is 36.1 Å². The molecule has 3 heterocycles. The summed E-state index contributed by atoms with van der Waals surface area (Å²) in [5.41, 5.74) is 1.27. The number of carbonyl (C=O) groups is 3. The number of carbonyl (C=O) groups excluding carboxylic acids is 3. The first-order valence-corrected chi connectivity index (χ1v) is 12.4. The fourth-order valence-electron chi connectivity index (χ4n) is 4.67. The molecule has 0 aliphatic carbocycles. The smallest absolute Gasteiger partial charge is 0.349 e. The molecule has 0 bridgehead atoms. The van der Waals surface area contributed by atoms with Crippen LogP contribution in [-0.4, -0.2) is 68.3 Å². The van der Waals surface area contributed by atoms with Gasteiger partial charge in [0.15, 0.2) is 0 Å². The molecule has 4 rings (SSSR count). The van der Waals surface area contributed by atoms with E-state index >= 15 is 0 Å². The first kappa shape index (κ1) is 28.3. The number of hydrogen-bond donors (Lipinski definition) is 2. The number of benzene rings is 1. The van der Waals surface area contributed by atoms with Crippen LogP contribution >= 0.6 is 11.6 Å². The molecule has 0 radical (unpaired) electrons. The van der Waals surface area contributed by atoms with Crippen molar-refractivity contribution in [3.05, 3.63) is 65.2 Å². The van der Waals surface area contributed by atoms with Crippen LogP contribution in [0.2, 0.25) is 5.02 Å². The standard InChI is InChI=1S/C25H25ClF4N6O3/c1-13(2)21(34-24(39)25(28,29)30)22(37)33-19-11-35(4-3-18(19)14-5-15(26)7-16(27)6-14)23(38)20-10-31-8-17-9-32-12-36(17)20/h5-10,12-13,18-19,21H,3-4,11H2,1-2H3,(H,33,37)(H,34,39)/t18-,19+,21+/m0/s1. The predicted molar refractivity (Wildman–Crippen MR) is 132 cm³/mol. The zero-order chi connectivity index (χ0) is 28.5. The van der Waals surface area contributed by atoms with Gasteiger partial charge in [-0.3, -0.25) is 23.8 Å². The minimum Gasteiger partial charge on any atom is -0.349 e. The van der Waals surface area contributed by atoms with Crippen LogP contribution in [0.15, 0.2) is 43.1 Å². The summed E-state index contributed by atoms with van der Waals surface area (Å²) >= 11 is 6.06. The Hall–Kier alpha value is -3.74. The number of nitrogens with zero attached hydrogens (tertiary/aromatic N) is 4. The van der Waals surface area contributed by atoms with Gasteiger partial charge in [0.25, 0.3) is 5.91 Å². The van der Waals surface area contributed by atoms with Gasteiger partial charge in [0.05, 0.1) is 36.5 Å². The molecular weight excluding hydrogens is 544 g/mol. The number of nitrogens with one attached hydrogen (secondary N) is 2. The van der Waals surface area contributed by atoms with E-state index in [1.807, 2.05) is 0 Å².